The second-order valence-corrected chi connectivity index (χ2v) is 8.42. The molecule has 0 spiro atoms. The molecule has 1 fully saturated rings. The number of hydrogen-bond acceptors (Lipinski definition) is 8. The highest BCUT2D eigenvalue weighted by molar-refractivity contribution is 5.76. The zero-order valence-corrected chi connectivity index (χ0v) is 18.6. The number of aliphatic hydroxyl groups is 1. The zero-order valence-electron chi connectivity index (χ0n) is 18.6. The Balaban J connectivity index is 1.29. The smallest absolute Gasteiger partial charge is 0.180 e. The van der Waals surface area contributed by atoms with Crippen molar-refractivity contribution in [3.8, 4) is 17.0 Å². The molecule has 9 nitrogen and oxygen atoms in total. The van der Waals surface area contributed by atoms with Crippen molar-refractivity contribution in [3.05, 3.63) is 61.1 Å². The fourth-order valence-corrected chi connectivity index (χ4v) is 4.35. The second kappa shape index (κ2) is 8.85. The number of nitrogens with zero attached hydrogens (tertiary/aromatic N) is 4. The topological polar surface area (TPSA) is 96.2 Å². The molecule has 1 atom stereocenters. The SMILES string of the molecule is OC[C@@H]1CNc2cc(-c3cn4ccnc4c(Nc4ccc(N5CCOCC5)cc4)n3)ccc2O1. The lowest BCUT2D eigenvalue weighted by atomic mass is 10.1. The van der Waals surface area contributed by atoms with Crippen molar-refractivity contribution < 1.29 is 14.6 Å². The molecule has 6 rings (SSSR count). The quantitative estimate of drug-likeness (QED) is 0.420. The van der Waals surface area contributed by atoms with E-state index in [2.05, 4.69) is 44.8 Å². The molecule has 0 amide bonds. The molecular formula is C25H26N6O3. The lowest BCUT2D eigenvalue weighted by molar-refractivity contribution is 0.120. The molecule has 3 N–H and O–H groups in total. The number of ether oxygens (including phenoxy) is 2. The van der Waals surface area contributed by atoms with Crippen LogP contribution in [-0.2, 0) is 4.74 Å². The van der Waals surface area contributed by atoms with E-state index in [1.807, 2.05) is 35.0 Å². The highest BCUT2D eigenvalue weighted by atomic mass is 16.5. The highest BCUT2D eigenvalue weighted by Gasteiger charge is 2.19. The maximum Gasteiger partial charge on any atom is 0.180 e. The number of hydrogen-bond donors (Lipinski definition) is 3. The number of rotatable bonds is 5. The number of aliphatic hydroxyl groups excluding tert-OH is 1. The monoisotopic (exact) mass is 458 g/mol. The van der Waals surface area contributed by atoms with Crippen LogP contribution in [-0.4, -0.2) is 65.0 Å². The van der Waals surface area contributed by atoms with Crippen LogP contribution >= 0.6 is 0 Å². The van der Waals surface area contributed by atoms with Gasteiger partial charge in [0.25, 0.3) is 0 Å². The van der Waals surface area contributed by atoms with E-state index in [4.69, 9.17) is 14.5 Å². The van der Waals surface area contributed by atoms with E-state index in [9.17, 15) is 5.11 Å². The number of aromatic nitrogens is 3. The molecule has 0 saturated carbocycles. The van der Waals surface area contributed by atoms with Gasteiger partial charge in [0, 0.05) is 48.6 Å². The first kappa shape index (κ1) is 20.8. The van der Waals surface area contributed by atoms with E-state index in [-0.39, 0.29) is 12.7 Å². The van der Waals surface area contributed by atoms with Crippen LogP contribution < -0.4 is 20.3 Å². The molecule has 4 aromatic rings. The van der Waals surface area contributed by atoms with Gasteiger partial charge < -0.3 is 34.5 Å². The summed E-state index contributed by atoms with van der Waals surface area (Å²) in [4.78, 5) is 11.7. The predicted octanol–water partition coefficient (Wildman–Crippen LogP) is 3.14. The molecule has 0 unspecified atom stereocenters. The van der Waals surface area contributed by atoms with Crippen molar-refractivity contribution in [1.82, 2.24) is 14.4 Å². The summed E-state index contributed by atoms with van der Waals surface area (Å²) in [5, 5.41) is 16.1. The molecule has 2 aromatic heterocycles. The summed E-state index contributed by atoms with van der Waals surface area (Å²) in [6.45, 7) is 3.89. The van der Waals surface area contributed by atoms with Crippen molar-refractivity contribution in [1.29, 1.82) is 0 Å². The summed E-state index contributed by atoms with van der Waals surface area (Å²) >= 11 is 0. The average molecular weight is 459 g/mol. The fraction of sp³-hybridized carbons (Fsp3) is 0.280. The maximum absolute atomic E-state index is 9.36. The largest absolute Gasteiger partial charge is 0.484 e. The normalized spacial score (nSPS) is 17.7. The summed E-state index contributed by atoms with van der Waals surface area (Å²) in [6, 6.07) is 14.3. The summed E-state index contributed by atoms with van der Waals surface area (Å²) in [5.41, 5.74) is 5.55. The lowest BCUT2D eigenvalue weighted by Crippen LogP contribution is -2.36. The minimum atomic E-state index is -0.232. The van der Waals surface area contributed by atoms with Crippen molar-refractivity contribution in [2.75, 3.05) is 55.0 Å². The summed E-state index contributed by atoms with van der Waals surface area (Å²) in [7, 11) is 0. The molecule has 2 aromatic carbocycles. The number of nitrogens with one attached hydrogen (secondary N) is 2. The van der Waals surface area contributed by atoms with Gasteiger partial charge in [0.2, 0.25) is 0 Å². The van der Waals surface area contributed by atoms with E-state index in [1.165, 1.54) is 5.69 Å². The van der Waals surface area contributed by atoms with Crippen molar-refractivity contribution in [3.63, 3.8) is 0 Å². The van der Waals surface area contributed by atoms with Gasteiger partial charge in [-0.15, -0.1) is 0 Å². The van der Waals surface area contributed by atoms with Crippen LogP contribution in [0.15, 0.2) is 61.1 Å². The van der Waals surface area contributed by atoms with Crippen molar-refractivity contribution in [2.45, 2.75) is 6.10 Å². The van der Waals surface area contributed by atoms with E-state index in [0.29, 0.717) is 12.4 Å². The number of morpholine rings is 1. The first-order valence-corrected chi connectivity index (χ1v) is 11.5. The molecule has 0 aliphatic carbocycles. The Morgan fingerprint density at radius 2 is 1.97 bits per heavy atom. The van der Waals surface area contributed by atoms with Crippen LogP contribution in [0.5, 0.6) is 5.75 Å². The van der Waals surface area contributed by atoms with Gasteiger partial charge in [0.15, 0.2) is 11.5 Å². The second-order valence-electron chi connectivity index (χ2n) is 8.42. The third kappa shape index (κ3) is 4.00. The number of benzene rings is 2. The maximum atomic E-state index is 9.36. The van der Waals surface area contributed by atoms with Crippen LogP contribution in [0.25, 0.3) is 16.9 Å². The van der Waals surface area contributed by atoms with Gasteiger partial charge in [-0.3, -0.25) is 0 Å². The van der Waals surface area contributed by atoms with Crippen LogP contribution in [0, 0.1) is 0 Å². The Morgan fingerprint density at radius 3 is 2.79 bits per heavy atom. The molecule has 2 aliphatic rings. The molecule has 4 heterocycles. The number of imidazole rings is 1. The van der Waals surface area contributed by atoms with Crippen molar-refractivity contribution in [2.24, 2.45) is 0 Å². The Morgan fingerprint density at radius 1 is 1.12 bits per heavy atom. The number of anilines is 4. The molecular weight excluding hydrogens is 432 g/mol. The zero-order chi connectivity index (χ0) is 22.9. The van der Waals surface area contributed by atoms with Gasteiger partial charge in [-0.25, -0.2) is 9.97 Å². The minimum Gasteiger partial charge on any atom is -0.484 e. The van der Waals surface area contributed by atoms with Gasteiger partial charge in [-0.2, -0.15) is 0 Å². The summed E-state index contributed by atoms with van der Waals surface area (Å²) < 4.78 is 13.2. The fourth-order valence-electron chi connectivity index (χ4n) is 4.35. The van der Waals surface area contributed by atoms with Crippen LogP contribution in [0.1, 0.15) is 0 Å². The Hall–Kier alpha value is -3.82. The Labute approximate surface area is 197 Å². The van der Waals surface area contributed by atoms with Gasteiger partial charge >= 0.3 is 0 Å². The third-order valence-electron chi connectivity index (χ3n) is 6.17. The van der Waals surface area contributed by atoms with Gasteiger partial charge in [0.05, 0.1) is 37.7 Å². The molecule has 2 aliphatic heterocycles. The lowest BCUT2D eigenvalue weighted by Gasteiger charge is -2.28. The van der Waals surface area contributed by atoms with E-state index in [0.717, 1.165) is 60.3 Å². The first-order valence-electron chi connectivity index (χ1n) is 11.5. The Kier molecular flexibility index (Phi) is 5.40. The van der Waals surface area contributed by atoms with Gasteiger partial charge in [-0.1, -0.05) is 0 Å². The first-order chi connectivity index (χ1) is 16.8. The molecule has 174 valence electrons. The highest BCUT2D eigenvalue weighted by Crippen LogP contribution is 2.34. The summed E-state index contributed by atoms with van der Waals surface area (Å²) in [5.74, 6) is 1.42. The predicted molar refractivity (Wildman–Crippen MR) is 131 cm³/mol. The van der Waals surface area contributed by atoms with Crippen molar-refractivity contribution >= 4 is 28.5 Å². The van der Waals surface area contributed by atoms with E-state index >= 15 is 0 Å². The number of fused-ring (bicyclic) bond motifs is 2. The van der Waals surface area contributed by atoms with Crippen LogP contribution in [0.3, 0.4) is 0 Å². The van der Waals surface area contributed by atoms with Gasteiger partial charge in [0.1, 0.15) is 11.9 Å². The standard InChI is InChI=1S/C25H26N6O3/c32-16-20-14-27-21-13-17(1-6-23(21)34-20)22-15-31-8-7-26-25(31)24(29-22)28-18-2-4-19(5-3-18)30-9-11-33-12-10-30/h1-8,13,15,20,27,32H,9-12,14,16H2,(H,28,29)/t20-/m0/s1. The molecule has 9 heteroatoms. The van der Waals surface area contributed by atoms with E-state index < -0.39 is 0 Å². The Bertz CT molecular complexity index is 1300. The third-order valence-corrected chi connectivity index (χ3v) is 6.17. The van der Waals surface area contributed by atoms with Gasteiger partial charge in [-0.05, 0) is 42.5 Å². The summed E-state index contributed by atoms with van der Waals surface area (Å²) in [6.07, 6.45) is 5.42. The van der Waals surface area contributed by atoms with Crippen LogP contribution in [0.2, 0.25) is 0 Å². The van der Waals surface area contributed by atoms with E-state index in [1.54, 1.807) is 6.20 Å². The molecule has 0 bridgehead atoms. The molecule has 0 radical (unpaired) electrons. The average Bonchev–Trinajstić information content (AvgIpc) is 3.38. The van der Waals surface area contributed by atoms with Crippen LogP contribution in [0.4, 0.5) is 22.9 Å². The molecule has 34 heavy (non-hydrogen) atoms. The molecule has 1 saturated heterocycles. The minimum absolute atomic E-state index is 0.0184.